The van der Waals surface area contributed by atoms with E-state index in [-0.39, 0.29) is 0 Å². The van der Waals surface area contributed by atoms with E-state index < -0.39 is 12.0 Å². The molecule has 1 N–H and O–H groups in total. The molecule has 0 spiro atoms. The standard InChI is InChI=1S/C20H22N4O2S/c1-23(2)11-16-21-18(24-10-6-9-15(24)20(25)26)17-14(12-27-19(17)22-16)13-7-4-3-5-8-13/h3-5,7-8,12,15H,6,9-11H2,1-2H3,(H,25,26). The maximum absolute atomic E-state index is 11.8. The van der Waals surface area contributed by atoms with E-state index in [2.05, 4.69) is 17.5 Å². The van der Waals surface area contributed by atoms with E-state index in [1.807, 2.05) is 42.1 Å². The lowest BCUT2D eigenvalue weighted by Gasteiger charge is -2.24. The molecule has 1 fully saturated rings. The first-order chi connectivity index (χ1) is 13.0. The first kappa shape index (κ1) is 17.9. The molecule has 0 aliphatic carbocycles. The molecule has 0 amide bonds. The number of thiophene rings is 1. The van der Waals surface area contributed by atoms with Gasteiger partial charge in [-0.05, 0) is 32.5 Å². The Morgan fingerprint density at radius 3 is 2.78 bits per heavy atom. The Bertz CT molecular complexity index is 971. The van der Waals surface area contributed by atoms with Crippen molar-refractivity contribution in [1.29, 1.82) is 0 Å². The summed E-state index contributed by atoms with van der Waals surface area (Å²) in [5.41, 5.74) is 2.16. The number of aliphatic carboxylic acids is 1. The van der Waals surface area contributed by atoms with Gasteiger partial charge in [0.25, 0.3) is 0 Å². The van der Waals surface area contributed by atoms with E-state index in [1.165, 1.54) is 0 Å². The van der Waals surface area contributed by atoms with E-state index in [4.69, 9.17) is 9.97 Å². The van der Waals surface area contributed by atoms with E-state index in [1.54, 1.807) is 11.3 Å². The first-order valence-electron chi connectivity index (χ1n) is 9.02. The number of hydrogen-bond acceptors (Lipinski definition) is 6. The fourth-order valence-electron chi connectivity index (χ4n) is 3.63. The number of nitrogens with zero attached hydrogens (tertiary/aromatic N) is 4. The number of carbonyl (C=O) groups is 1. The van der Waals surface area contributed by atoms with Gasteiger partial charge in [0.05, 0.1) is 11.9 Å². The molecule has 140 valence electrons. The summed E-state index contributed by atoms with van der Waals surface area (Å²) >= 11 is 1.59. The number of fused-ring (bicyclic) bond motifs is 1. The van der Waals surface area contributed by atoms with Gasteiger partial charge in [-0.2, -0.15) is 0 Å². The molecule has 1 saturated heterocycles. The maximum Gasteiger partial charge on any atom is 0.326 e. The van der Waals surface area contributed by atoms with Crippen molar-refractivity contribution in [2.75, 3.05) is 25.5 Å². The predicted molar refractivity (Wildman–Crippen MR) is 108 cm³/mol. The third-order valence-electron chi connectivity index (χ3n) is 4.81. The highest BCUT2D eigenvalue weighted by Gasteiger charge is 2.33. The lowest BCUT2D eigenvalue weighted by molar-refractivity contribution is -0.138. The molecular weight excluding hydrogens is 360 g/mol. The minimum Gasteiger partial charge on any atom is -0.480 e. The highest BCUT2D eigenvalue weighted by atomic mass is 32.1. The number of hydrogen-bond donors (Lipinski definition) is 1. The summed E-state index contributed by atoms with van der Waals surface area (Å²) in [6.07, 6.45) is 1.50. The van der Waals surface area contributed by atoms with Gasteiger partial charge in [0.15, 0.2) is 0 Å². The zero-order valence-electron chi connectivity index (χ0n) is 15.4. The van der Waals surface area contributed by atoms with Crippen LogP contribution in [0.15, 0.2) is 35.7 Å². The molecule has 1 aliphatic rings. The van der Waals surface area contributed by atoms with Gasteiger partial charge in [-0.3, -0.25) is 0 Å². The van der Waals surface area contributed by atoms with Crippen molar-refractivity contribution in [1.82, 2.24) is 14.9 Å². The molecule has 1 aromatic carbocycles. The maximum atomic E-state index is 11.8. The van der Waals surface area contributed by atoms with Gasteiger partial charge in [0, 0.05) is 17.5 Å². The Morgan fingerprint density at radius 2 is 2.07 bits per heavy atom. The number of benzene rings is 1. The average Bonchev–Trinajstić information content (AvgIpc) is 3.28. The molecule has 3 heterocycles. The summed E-state index contributed by atoms with van der Waals surface area (Å²) in [6.45, 7) is 1.32. The van der Waals surface area contributed by atoms with E-state index in [0.29, 0.717) is 19.5 Å². The predicted octanol–water partition coefficient (Wildman–Crippen LogP) is 3.47. The van der Waals surface area contributed by atoms with Crippen LogP contribution >= 0.6 is 11.3 Å². The lowest BCUT2D eigenvalue weighted by atomic mass is 10.1. The molecule has 7 heteroatoms. The minimum atomic E-state index is -0.787. The summed E-state index contributed by atoms with van der Waals surface area (Å²) in [5.74, 6) is 0.687. The van der Waals surface area contributed by atoms with Crippen LogP contribution in [0.1, 0.15) is 18.7 Å². The summed E-state index contributed by atoms with van der Waals surface area (Å²) in [6, 6.07) is 9.62. The van der Waals surface area contributed by atoms with Crippen LogP contribution in [0.2, 0.25) is 0 Å². The van der Waals surface area contributed by atoms with Crippen LogP contribution in [0, 0.1) is 0 Å². The normalized spacial score (nSPS) is 17.1. The Hall–Kier alpha value is -2.51. The van der Waals surface area contributed by atoms with Crippen molar-refractivity contribution in [2.45, 2.75) is 25.4 Å². The van der Waals surface area contributed by atoms with Gasteiger partial charge in [-0.25, -0.2) is 14.8 Å². The molecule has 1 aliphatic heterocycles. The highest BCUT2D eigenvalue weighted by molar-refractivity contribution is 7.17. The quantitative estimate of drug-likeness (QED) is 0.729. The Labute approximate surface area is 162 Å². The highest BCUT2D eigenvalue weighted by Crippen LogP contribution is 2.40. The van der Waals surface area contributed by atoms with Crippen molar-refractivity contribution in [2.24, 2.45) is 0 Å². The van der Waals surface area contributed by atoms with Gasteiger partial charge in [-0.15, -0.1) is 11.3 Å². The molecule has 1 unspecified atom stereocenters. The Kier molecular flexibility index (Phi) is 4.80. The van der Waals surface area contributed by atoms with Gasteiger partial charge in [-0.1, -0.05) is 30.3 Å². The van der Waals surface area contributed by atoms with Crippen LogP contribution in [0.25, 0.3) is 21.3 Å². The van der Waals surface area contributed by atoms with Crippen molar-refractivity contribution in [3.05, 3.63) is 41.5 Å². The fraction of sp³-hybridized carbons (Fsp3) is 0.350. The van der Waals surface area contributed by atoms with E-state index in [9.17, 15) is 9.90 Å². The molecular formula is C20H22N4O2S. The zero-order chi connectivity index (χ0) is 19.0. The molecule has 6 nitrogen and oxygen atoms in total. The Morgan fingerprint density at radius 1 is 1.30 bits per heavy atom. The SMILES string of the molecule is CN(C)Cc1nc(N2CCCC2C(=O)O)c2c(-c3ccccc3)csc2n1. The van der Waals surface area contributed by atoms with Crippen LogP contribution in [0.4, 0.5) is 5.82 Å². The molecule has 3 aromatic rings. The number of aromatic nitrogens is 2. The molecule has 27 heavy (non-hydrogen) atoms. The average molecular weight is 382 g/mol. The van der Waals surface area contributed by atoms with Gasteiger partial charge in [0.2, 0.25) is 0 Å². The van der Waals surface area contributed by atoms with E-state index >= 15 is 0 Å². The molecule has 1 atom stereocenters. The molecule has 0 saturated carbocycles. The Balaban J connectivity index is 1.92. The molecule has 4 rings (SSSR count). The van der Waals surface area contributed by atoms with Crippen LogP contribution in [-0.2, 0) is 11.3 Å². The number of carboxylic acids is 1. The fourth-order valence-corrected chi connectivity index (χ4v) is 4.60. The van der Waals surface area contributed by atoms with Crippen molar-refractivity contribution in [3.8, 4) is 11.1 Å². The smallest absolute Gasteiger partial charge is 0.326 e. The first-order valence-corrected chi connectivity index (χ1v) is 9.90. The lowest BCUT2D eigenvalue weighted by Crippen LogP contribution is -2.36. The van der Waals surface area contributed by atoms with Crippen molar-refractivity contribution < 1.29 is 9.90 Å². The third kappa shape index (κ3) is 3.40. The van der Waals surface area contributed by atoms with Crippen molar-refractivity contribution >= 4 is 33.3 Å². The number of anilines is 1. The second-order valence-electron chi connectivity index (χ2n) is 7.09. The van der Waals surface area contributed by atoms with Crippen LogP contribution in [-0.4, -0.2) is 52.6 Å². The van der Waals surface area contributed by atoms with Gasteiger partial charge >= 0.3 is 5.97 Å². The number of carboxylic acid groups (broad SMARTS) is 1. The molecule has 0 bridgehead atoms. The zero-order valence-corrected chi connectivity index (χ0v) is 16.2. The molecule has 0 radical (unpaired) electrons. The van der Waals surface area contributed by atoms with Crippen LogP contribution < -0.4 is 4.90 Å². The number of rotatable bonds is 5. The summed E-state index contributed by atoms with van der Waals surface area (Å²) in [4.78, 5) is 26.3. The van der Waals surface area contributed by atoms with Crippen LogP contribution in [0.3, 0.4) is 0 Å². The summed E-state index contributed by atoms with van der Waals surface area (Å²) in [7, 11) is 3.96. The van der Waals surface area contributed by atoms with Gasteiger partial charge in [0.1, 0.15) is 22.5 Å². The summed E-state index contributed by atoms with van der Waals surface area (Å²) in [5, 5.41) is 12.7. The van der Waals surface area contributed by atoms with Crippen LogP contribution in [0.5, 0.6) is 0 Å². The van der Waals surface area contributed by atoms with E-state index in [0.717, 1.165) is 39.4 Å². The monoisotopic (exact) mass is 382 g/mol. The van der Waals surface area contributed by atoms with Gasteiger partial charge < -0.3 is 14.9 Å². The van der Waals surface area contributed by atoms with Crippen molar-refractivity contribution in [3.63, 3.8) is 0 Å². The molecule has 2 aromatic heterocycles. The second kappa shape index (κ2) is 7.25. The third-order valence-corrected chi connectivity index (χ3v) is 5.69. The largest absolute Gasteiger partial charge is 0.480 e. The minimum absolute atomic E-state index is 0.529. The second-order valence-corrected chi connectivity index (χ2v) is 7.94. The topological polar surface area (TPSA) is 69.6 Å². The summed E-state index contributed by atoms with van der Waals surface area (Å²) < 4.78 is 0.